The standard InChI is InChI=1S/C30H37N7O/c1-21-7-8-23-16-32-17-28(26(23)15-21)36-14-10-25-27(19-36)33-30(38-20-24-6-4-12-35(24)2)34-29(25)37-13-3-5-22(18-37)9-11-31/h7-8,15-17,22,24H,3-6,9-10,12-14,18-20H2,1-2H3/t22-,24-/m0/s1. The molecule has 0 amide bonds. The highest BCUT2D eigenvalue weighted by molar-refractivity contribution is 5.94. The van der Waals surface area contributed by atoms with Crippen LogP contribution >= 0.6 is 0 Å². The van der Waals surface area contributed by atoms with Gasteiger partial charge in [-0.1, -0.05) is 17.7 Å². The molecule has 3 aliphatic rings. The summed E-state index contributed by atoms with van der Waals surface area (Å²) in [5.41, 5.74) is 4.67. The van der Waals surface area contributed by atoms with Gasteiger partial charge in [-0.25, -0.2) is 0 Å². The SMILES string of the molecule is Cc1ccc2cncc(N3CCc4c(nc(OC[C@@H]5CCCN5C)nc4N4CCC[C@@H](CC#N)C4)C3)c2c1. The van der Waals surface area contributed by atoms with E-state index < -0.39 is 0 Å². The Morgan fingerprint density at radius 2 is 1.97 bits per heavy atom. The van der Waals surface area contributed by atoms with Crippen LogP contribution in [0.25, 0.3) is 10.8 Å². The Hall–Kier alpha value is -3.44. The van der Waals surface area contributed by atoms with E-state index in [1.807, 2.05) is 12.4 Å². The third-order valence-electron chi connectivity index (χ3n) is 8.53. The van der Waals surface area contributed by atoms with Gasteiger partial charge in [-0.15, -0.1) is 0 Å². The molecule has 0 aliphatic carbocycles. The molecule has 198 valence electrons. The maximum absolute atomic E-state index is 9.31. The van der Waals surface area contributed by atoms with Crippen LogP contribution in [-0.2, 0) is 13.0 Å². The molecule has 0 bridgehead atoms. The molecule has 0 radical (unpaired) electrons. The van der Waals surface area contributed by atoms with Crippen molar-refractivity contribution in [3.63, 3.8) is 0 Å². The summed E-state index contributed by atoms with van der Waals surface area (Å²) < 4.78 is 6.29. The minimum absolute atomic E-state index is 0.390. The molecule has 2 atom stereocenters. The van der Waals surface area contributed by atoms with E-state index in [1.165, 1.54) is 22.9 Å². The molecule has 5 heterocycles. The lowest BCUT2D eigenvalue weighted by atomic mass is 9.94. The number of likely N-dealkylation sites (N-methyl/N-ethyl adjacent to an activating group) is 1. The lowest BCUT2D eigenvalue weighted by Crippen LogP contribution is -2.39. The second-order valence-corrected chi connectivity index (χ2v) is 11.2. The first kappa shape index (κ1) is 24.9. The number of rotatable bonds is 6. The zero-order valence-electron chi connectivity index (χ0n) is 22.6. The number of benzene rings is 1. The van der Waals surface area contributed by atoms with Crippen molar-refractivity contribution in [3.05, 3.63) is 47.4 Å². The molecule has 2 saturated heterocycles. The Morgan fingerprint density at radius 1 is 1.08 bits per heavy atom. The molecule has 2 aromatic heterocycles. The first-order chi connectivity index (χ1) is 18.6. The number of hydrogen-bond acceptors (Lipinski definition) is 8. The highest BCUT2D eigenvalue weighted by atomic mass is 16.5. The van der Waals surface area contributed by atoms with Crippen molar-refractivity contribution in [1.82, 2.24) is 19.9 Å². The van der Waals surface area contributed by atoms with Gasteiger partial charge >= 0.3 is 6.01 Å². The van der Waals surface area contributed by atoms with Gasteiger partial charge in [-0.2, -0.15) is 15.2 Å². The fourth-order valence-electron chi connectivity index (χ4n) is 6.35. The average molecular weight is 512 g/mol. The fourth-order valence-corrected chi connectivity index (χ4v) is 6.35. The van der Waals surface area contributed by atoms with Crippen molar-refractivity contribution in [2.75, 3.05) is 49.6 Å². The predicted octanol–water partition coefficient (Wildman–Crippen LogP) is 4.50. The summed E-state index contributed by atoms with van der Waals surface area (Å²) in [7, 11) is 2.17. The lowest BCUT2D eigenvalue weighted by Gasteiger charge is -2.37. The third-order valence-corrected chi connectivity index (χ3v) is 8.53. The summed E-state index contributed by atoms with van der Waals surface area (Å²) in [6.07, 6.45) is 9.95. The van der Waals surface area contributed by atoms with Gasteiger partial charge < -0.3 is 19.4 Å². The van der Waals surface area contributed by atoms with Crippen LogP contribution in [0.3, 0.4) is 0 Å². The number of likely N-dealkylation sites (tertiary alicyclic amines) is 1. The van der Waals surface area contributed by atoms with E-state index in [2.05, 4.69) is 57.9 Å². The molecule has 0 N–H and O–H groups in total. The van der Waals surface area contributed by atoms with E-state index in [9.17, 15) is 5.26 Å². The number of pyridine rings is 1. The van der Waals surface area contributed by atoms with E-state index in [1.54, 1.807) is 0 Å². The second-order valence-electron chi connectivity index (χ2n) is 11.2. The smallest absolute Gasteiger partial charge is 0.318 e. The maximum Gasteiger partial charge on any atom is 0.318 e. The molecule has 0 spiro atoms. The van der Waals surface area contributed by atoms with E-state index in [0.717, 1.165) is 74.4 Å². The summed E-state index contributed by atoms with van der Waals surface area (Å²) in [4.78, 5) is 21.7. The van der Waals surface area contributed by atoms with Crippen molar-refractivity contribution in [2.45, 2.75) is 58.0 Å². The van der Waals surface area contributed by atoms with Crippen molar-refractivity contribution >= 4 is 22.3 Å². The number of hydrogen-bond donors (Lipinski definition) is 0. The van der Waals surface area contributed by atoms with Gasteiger partial charge in [0.2, 0.25) is 0 Å². The van der Waals surface area contributed by atoms with Gasteiger partial charge in [0, 0.05) is 54.6 Å². The van der Waals surface area contributed by atoms with Crippen LogP contribution in [0, 0.1) is 24.2 Å². The van der Waals surface area contributed by atoms with Gasteiger partial charge in [0.25, 0.3) is 0 Å². The highest BCUT2D eigenvalue weighted by Gasteiger charge is 2.30. The fraction of sp³-hybridized carbons (Fsp3) is 0.533. The average Bonchev–Trinajstić information content (AvgIpc) is 3.35. The number of ether oxygens (including phenoxy) is 1. The Morgan fingerprint density at radius 3 is 2.82 bits per heavy atom. The molecule has 38 heavy (non-hydrogen) atoms. The molecule has 8 nitrogen and oxygen atoms in total. The maximum atomic E-state index is 9.31. The summed E-state index contributed by atoms with van der Waals surface area (Å²) >= 11 is 0. The van der Waals surface area contributed by atoms with Gasteiger partial charge in [0.15, 0.2) is 0 Å². The van der Waals surface area contributed by atoms with Crippen molar-refractivity contribution in [2.24, 2.45) is 5.92 Å². The molecular formula is C30H37N7O. The number of anilines is 2. The first-order valence-corrected chi connectivity index (χ1v) is 14.0. The van der Waals surface area contributed by atoms with E-state index in [4.69, 9.17) is 14.7 Å². The zero-order valence-corrected chi connectivity index (χ0v) is 22.6. The number of nitriles is 1. The molecule has 6 rings (SSSR count). The summed E-state index contributed by atoms with van der Waals surface area (Å²) in [6.45, 7) is 7.30. The topological polar surface area (TPSA) is 81.4 Å². The Balaban J connectivity index is 1.33. The number of piperidine rings is 1. The molecule has 3 aliphatic heterocycles. The molecular weight excluding hydrogens is 474 g/mol. The van der Waals surface area contributed by atoms with Crippen LogP contribution in [-0.4, -0.2) is 65.7 Å². The van der Waals surface area contributed by atoms with Gasteiger partial charge in [-0.05, 0) is 64.6 Å². The third kappa shape index (κ3) is 5.00. The van der Waals surface area contributed by atoms with E-state index >= 15 is 0 Å². The van der Waals surface area contributed by atoms with Gasteiger partial charge in [0.1, 0.15) is 12.4 Å². The van der Waals surface area contributed by atoms with Crippen LogP contribution in [0.1, 0.15) is 48.9 Å². The first-order valence-electron chi connectivity index (χ1n) is 14.0. The summed E-state index contributed by atoms with van der Waals surface area (Å²) in [5.74, 6) is 1.40. The molecule has 0 saturated carbocycles. The van der Waals surface area contributed by atoms with E-state index in [0.29, 0.717) is 37.5 Å². The van der Waals surface area contributed by atoms with Crippen LogP contribution < -0.4 is 14.5 Å². The normalized spacial score (nSPS) is 21.9. The van der Waals surface area contributed by atoms with Crippen molar-refractivity contribution in [3.8, 4) is 12.1 Å². The number of nitrogens with zero attached hydrogens (tertiary/aromatic N) is 7. The van der Waals surface area contributed by atoms with Crippen molar-refractivity contribution < 1.29 is 4.74 Å². The van der Waals surface area contributed by atoms with Crippen LogP contribution in [0.5, 0.6) is 6.01 Å². The number of aryl methyl sites for hydroxylation is 1. The lowest BCUT2D eigenvalue weighted by molar-refractivity contribution is 0.187. The quantitative estimate of drug-likeness (QED) is 0.479. The monoisotopic (exact) mass is 511 g/mol. The van der Waals surface area contributed by atoms with Crippen molar-refractivity contribution in [1.29, 1.82) is 5.26 Å². The summed E-state index contributed by atoms with van der Waals surface area (Å²) in [5, 5.41) is 11.7. The Kier molecular flexibility index (Phi) is 7.03. The molecule has 0 unspecified atom stereocenters. The minimum atomic E-state index is 0.390. The predicted molar refractivity (Wildman–Crippen MR) is 150 cm³/mol. The van der Waals surface area contributed by atoms with Crippen LogP contribution in [0.15, 0.2) is 30.6 Å². The largest absolute Gasteiger partial charge is 0.462 e. The Bertz CT molecular complexity index is 1350. The van der Waals surface area contributed by atoms with Gasteiger partial charge in [0.05, 0.1) is 30.2 Å². The number of aromatic nitrogens is 3. The highest BCUT2D eigenvalue weighted by Crippen LogP contribution is 2.35. The van der Waals surface area contributed by atoms with Crippen LogP contribution in [0.2, 0.25) is 0 Å². The van der Waals surface area contributed by atoms with Gasteiger partial charge in [-0.3, -0.25) is 4.98 Å². The summed E-state index contributed by atoms with van der Waals surface area (Å²) in [6, 6.07) is 9.82. The minimum Gasteiger partial charge on any atom is -0.462 e. The molecule has 3 aromatic rings. The molecule has 8 heteroatoms. The molecule has 1 aromatic carbocycles. The zero-order chi connectivity index (χ0) is 26.1. The Labute approximate surface area is 225 Å². The van der Waals surface area contributed by atoms with Crippen LogP contribution in [0.4, 0.5) is 11.5 Å². The second kappa shape index (κ2) is 10.7. The molecule has 2 fully saturated rings. The number of fused-ring (bicyclic) bond motifs is 2. The van der Waals surface area contributed by atoms with E-state index in [-0.39, 0.29) is 0 Å².